The van der Waals surface area contributed by atoms with E-state index in [1.807, 2.05) is 6.07 Å². The maximum Gasteiger partial charge on any atom is 0.220 e. The van der Waals surface area contributed by atoms with E-state index in [1.165, 1.54) is 11.3 Å². The molecule has 0 bridgehead atoms. The maximum atomic E-state index is 11.9. The zero-order chi connectivity index (χ0) is 17.5. The van der Waals surface area contributed by atoms with Crippen molar-refractivity contribution in [1.82, 2.24) is 5.32 Å². The number of Topliss-reactive ketones (excluding diaryl/α,β-unsaturated/α-hetero) is 1. The molecule has 1 aromatic heterocycles. The van der Waals surface area contributed by atoms with E-state index in [1.54, 1.807) is 38.5 Å². The fourth-order valence-corrected chi connectivity index (χ4v) is 3.11. The summed E-state index contributed by atoms with van der Waals surface area (Å²) in [6, 6.07) is 8.74. The van der Waals surface area contributed by atoms with E-state index in [0.717, 1.165) is 5.56 Å². The lowest BCUT2D eigenvalue weighted by atomic mass is 10.1. The largest absolute Gasteiger partial charge is 0.497 e. The summed E-state index contributed by atoms with van der Waals surface area (Å²) in [5.41, 5.74) is 0.836. The second-order valence-corrected chi connectivity index (χ2v) is 6.70. The average molecular weight is 368 g/mol. The Balaban J connectivity index is 1.84. The lowest BCUT2D eigenvalue weighted by Crippen LogP contribution is -2.23. The molecule has 5 nitrogen and oxygen atoms in total. The Morgan fingerprint density at radius 3 is 2.54 bits per heavy atom. The van der Waals surface area contributed by atoms with Crippen LogP contribution in [0.2, 0.25) is 4.34 Å². The number of amides is 1. The van der Waals surface area contributed by atoms with Crippen LogP contribution in [0.4, 0.5) is 0 Å². The number of hydrogen-bond acceptors (Lipinski definition) is 5. The monoisotopic (exact) mass is 367 g/mol. The molecule has 0 fully saturated rings. The lowest BCUT2D eigenvalue weighted by Gasteiger charge is -2.11. The molecule has 0 radical (unpaired) electrons. The summed E-state index contributed by atoms with van der Waals surface area (Å²) >= 11 is 7.02. The Morgan fingerprint density at radius 2 is 1.92 bits per heavy atom. The number of ether oxygens (including phenoxy) is 2. The van der Waals surface area contributed by atoms with Crippen molar-refractivity contribution in [3.05, 3.63) is 45.1 Å². The predicted molar refractivity (Wildman–Crippen MR) is 94.3 cm³/mol. The van der Waals surface area contributed by atoms with Crippen LogP contribution in [0, 0.1) is 0 Å². The van der Waals surface area contributed by atoms with Crippen LogP contribution < -0.4 is 14.8 Å². The van der Waals surface area contributed by atoms with Gasteiger partial charge in [-0.25, -0.2) is 0 Å². The molecule has 0 spiro atoms. The number of nitrogens with one attached hydrogen (secondary N) is 1. The van der Waals surface area contributed by atoms with Crippen LogP contribution in [-0.4, -0.2) is 25.9 Å². The van der Waals surface area contributed by atoms with Crippen molar-refractivity contribution in [1.29, 1.82) is 0 Å². The molecule has 128 valence electrons. The highest BCUT2D eigenvalue weighted by Crippen LogP contribution is 2.25. The lowest BCUT2D eigenvalue weighted by molar-refractivity contribution is -0.121. The third-order valence-electron chi connectivity index (χ3n) is 3.40. The first kappa shape index (κ1) is 18.3. The minimum Gasteiger partial charge on any atom is -0.497 e. The van der Waals surface area contributed by atoms with Crippen LogP contribution >= 0.6 is 22.9 Å². The van der Waals surface area contributed by atoms with Gasteiger partial charge in [0, 0.05) is 31.0 Å². The molecule has 0 unspecified atom stereocenters. The number of methoxy groups -OCH3 is 2. The summed E-state index contributed by atoms with van der Waals surface area (Å²) in [5.74, 6) is 1.05. The highest BCUT2D eigenvalue weighted by molar-refractivity contribution is 7.18. The van der Waals surface area contributed by atoms with Crippen LogP contribution in [0.1, 0.15) is 28.1 Å². The topological polar surface area (TPSA) is 64.6 Å². The molecule has 0 aliphatic heterocycles. The fourth-order valence-electron chi connectivity index (χ4n) is 2.09. The minimum atomic E-state index is -0.191. The predicted octanol–water partition coefficient (Wildman–Crippen LogP) is 3.70. The zero-order valence-corrected chi connectivity index (χ0v) is 15.0. The molecular weight excluding hydrogens is 350 g/mol. The Hall–Kier alpha value is -2.05. The molecule has 1 heterocycles. The molecule has 7 heteroatoms. The van der Waals surface area contributed by atoms with Crippen LogP contribution in [0.3, 0.4) is 0 Å². The van der Waals surface area contributed by atoms with Crippen molar-refractivity contribution in [2.75, 3.05) is 14.2 Å². The van der Waals surface area contributed by atoms with Gasteiger partial charge in [0.25, 0.3) is 0 Å². The summed E-state index contributed by atoms with van der Waals surface area (Å²) in [4.78, 5) is 24.4. The van der Waals surface area contributed by atoms with Crippen molar-refractivity contribution in [2.24, 2.45) is 0 Å². The van der Waals surface area contributed by atoms with Crippen molar-refractivity contribution in [2.45, 2.75) is 19.4 Å². The Labute approximate surface area is 149 Å². The first-order chi connectivity index (χ1) is 11.5. The van der Waals surface area contributed by atoms with E-state index >= 15 is 0 Å². The molecule has 24 heavy (non-hydrogen) atoms. The Morgan fingerprint density at radius 1 is 1.12 bits per heavy atom. The molecular formula is C17H18ClNO4S. The Bertz CT molecular complexity index is 729. The van der Waals surface area contributed by atoms with Gasteiger partial charge in [0.15, 0.2) is 5.78 Å². The van der Waals surface area contributed by atoms with E-state index in [4.69, 9.17) is 21.1 Å². The quantitative estimate of drug-likeness (QED) is 0.722. The van der Waals surface area contributed by atoms with Gasteiger partial charge >= 0.3 is 0 Å². The normalized spacial score (nSPS) is 10.3. The number of halogens is 1. The van der Waals surface area contributed by atoms with E-state index in [9.17, 15) is 9.59 Å². The number of thiophene rings is 1. The van der Waals surface area contributed by atoms with Gasteiger partial charge in [-0.15, -0.1) is 11.3 Å². The molecule has 0 saturated carbocycles. The molecule has 0 atom stereocenters. The van der Waals surface area contributed by atoms with E-state index < -0.39 is 0 Å². The summed E-state index contributed by atoms with van der Waals surface area (Å²) in [5, 5.41) is 2.79. The number of benzene rings is 1. The van der Waals surface area contributed by atoms with Gasteiger partial charge in [-0.05, 0) is 24.3 Å². The fraction of sp³-hybridized carbons (Fsp3) is 0.294. The molecule has 0 saturated heterocycles. The summed E-state index contributed by atoms with van der Waals surface area (Å²) in [6.45, 7) is 0.324. The van der Waals surface area contributed by atoms with Crippen molar-refractivity contribution < 1.29 is 19.1 Å². The van der Waals surface area contributed by atoms with Gasteiger partial charge in [-0.1, -0.05) is 11.6 Å². The number of rotatable bonds is 8. The van der Waals surface area contributed by atoms with Gasteiger partial charge in [0.2, 0.25) is 5.91 Å². The van der Waals surface area contributed by atoms with Gasteiger partial charge in [0.1, 0.15) is 11.5 Å². The second-order valence-electron chi connectivity index (χ2n) is 4.98. The SMILES string of the molecule is COc1ccc(CNC(=O)CCC(=O)c2ccc(Cl)s2)c(OC)c1. The van der Waals surface area contributed by atoms with Crippen molar-refractivity contribution in [3.63, 3.8) is 0 Å². The summed E-state index contributed by atoms with van der Waals surface area (Å²) in [7, 11) is 3.14. The van der Waals surface area contributed by atoms with E-state index in [0.29, 0.717) is 27.3 Å². The number of carbonyl (C=O) groups is 2. The smallest absolute Gasteiger partial charge is 0.220 e. The first-order valence-electron chi connectivity index (χ1n) is 7.29. The highest BCUT2D eigenvalue weighted by atomic mass is 35.5. The van der Waals surface area contributed by atoms with Crippen LogP contribution in [0.15, 0.2) is 30.3 Å². The molecule has 1 amide bonds. The second kappa shape index (κ2) is 8.70. The minimum absolute atomic E-state index is 0.0796. The molecule has 1 N–H and O–H groups in total. The molecule has 2 rings (SSSR count). The van der Waals surface area contributed by atoms with Crippen LogP contribution in [0.5, 0.6) is 11.5 Å². The number of ketones is 1. The number of hydrogen-bond donors (Lipinski definition) is 1. The Kier molecular flexibility index (Phi) is 6.63. The average Bonchev–Trinajstić information content (AvgIpc) is 3.04. The molecule has 0 aliphatic rings. The summed E-state index contributed by atoms with van der Waals surface area (Å²) in [6.07, 6.45) is 0.287. The van der Waals surface area contributed by atoms with Gasteiger partial charge < -0.3 is 14.8 Å². The van der Waals surface area contributed by atoms with Gasteiger partial charge in [-0.2, -0.15) is 0 Å². The molecule has 0 aliphatic carbocycles. The van der Waals surface area contributed by atoms with Crippen molar-refractivity contribution in [3.8, 4) is 11.5 Å². The molecule has 1 aromatic carbocycles. The van der Waals surface area contributed by atoms with E-state index in [2.05, 4.69) is 5.32 Å². The molecule has 2 aromatic rings. The van der Waals surface area contributed by atoms with Crippen LogP contribution in [-0.2, 0) is 11.3 Å². The maximum absolute atomic E-state index is 11.9. The van der Waals surface area contributed by atoms with E-state index in [-0.39, 0.29) is 24.5 Å². The van der Waals surface area contributed by atoms with Gasteiger partial charge in [0.05, 0.1) is 23.4 Å². The van der Waals surface area contributed by atoms with Crippen LogP contribution in [0.25, 0.3) is 0 Å². The zero-order valence-electron chi connectivity index (χ0n) is 13.4. The standard InChI is InChI=1S/C17H18ClNO4S/c1-22-12-4-3-11(14(9-12)23-2)10-19-17(21)8-5-13(20)15-6-7-16(18)24-15/h3-4,6-7,9H,5,8,10H2,1-2H3,(H,19,21). The summed E-state index contributed by atoms with van der Waals surface area (Å²) < 4.78 is 11.0. The van der Waals surface area contributed by atoms with Crippen molar-refractivity contribution >= 4 is 34.6 Å². The van der Waals surface area contributed by atoms with Gasteiger partial charge in [-0.3, -0.25) is 9.59 Å². The third-order valence-corrected chi connectivity index (χ3v) is 4.67. The highest BCUT2D eigenvalue weighted by Gasteiger charge is 2.12. The first-order valence-corrected chi connectivity index (χ1v) is 8.49. The number of carbonyl (C=O) groups excluding carboxylic acids is 2. The third kappa shape index (κ3) is 4.97.